The number of carbonyl (C=O) groups is 4. The predicted octanol–water partition coefficient (Wildman–Crippen LogP) is 11.1. The average molecular weight is 1780 g/mol. The number of fused-ring (bicyclic) bond motifs is 8. The average Bonchev–Trinajstić information content (AvgIpc) is 1.63. The summed E-state index contributed by atoms with van der Waals surface area (Å²) in [6.45, 7) is 5.63. The van der Waals surface area contributed by atoms with Gasteiger partial charge in [-0.25, -0.2) is 35.1 Å². The minimum atomic E-state index is -0.957. The minimum absolute atomic E-state index is 0.00384. The standard InChI is InChI=1S/4C24H26F2N2O4/c4*25-17-3-5-22(19(26)9-17)32-18-8-16-11-28(13-24(16,31)10-18)12-21(29)15-1-4-20-14(7-15)2-6-23(30)27-20/h4*1,3-5,7,9,16,18,21,29,31H,2,6,8,10-13H2,(H,27,30)/t2*16-,18+,21+,24-;2*16-,18+,21-,24-/m1010/s1. The molecule has 8 aromatic carbocycles. The first-order chi connectivity index (χ1) is 61.1. The van der Waals surface area contributed by atoms with Crippen LogP contribution < -0.4 is 40.2 Å². The van der Waals surface area contributed by atoms with Crippen molar-refractivity contribution in [2.45, 2.75) is 174 Å². The van der Waals surface area contributed by atoms with Crippen LogP contribution in [-0.2, 0) is 44.9 Å². The number of hydrogen-bond donors (Lipinski definition) is 12. The highest BCUT2D eigenvalue weighted by atomic mass is 19.2. The Bertz CT molecular complexity index is 4850. The molecule has 20 rings (SSSR count). The zero-order chi connectivity index (χ0) is 89.8. The predicted molar refractivity (Wildman–Crippen MR) is 453 cm³/mol. The van der Waals surface area contributed by atoms with Crippen LogP contribution in [0.3, 0.4) is 0 Å². The fourth-order valence-corrected chi connectivity index (χ4v) is 21.3. The molecule has 12 aliphatic rings. The molecule has 0 aromatic heterocycles. The van der Waals surface area contributed by atoms with E-state index in [0.29, 0.717) is 181 Å². The SMILES string of the molecule is O=C1CCc2cc([C@@H](O)CN3C[C@@H]4C[C@@H](Oc5ccc(F)cc5F)C[C@]4(O)C3)ccc2N1.O=C1CCc2cc([C@@H](O)CN3C[C@H]4C[C@H](Oc5ccc(F)cc5F)C[C@@]4(O)C3)ccc2N1.O=C1CCc2cc([C@H](O)CN3C[C@@H]4C[C@@H](Oc5ccc(F)cc5F)C[C@]4(O)C3)ccc2N1.O=C1CCc2cc([C@H](O)CN3C[C@H]4C[C@H](Oc5ccc(F)cc5F)C[C@@]4(O)C3)ccc2N1. The number of carbonyl (C=O) groups excluding carboxylic acids is 4. The minimum Gasteiger partial charge on any atom is -0.487 e. The lowest BCUT2D eigenvalue weighted by Gasteiger charge is -2.25. The fraction of sp³-hybridized carbons (Fsp3) is 0.458. The molecule has 8 aromatic rings. The van der Waals surface area contributed by atoms with Gasteiger partial charge in [-0.15, -0.1) is 0 Å². The summed E-state index contributed by atoms with van der Waals surface area (Å²) in [4.78, 5) is 54.3. The molecule has 8 fully saturated rings. The van der Waals surface area contributed by atoms with Crippen LogP contribution in [0, 0.1) is 70.2 Å². The van der Waals surface area contributed by atoms with Crippen molar-refractivity contribution in [2.75, 3.05) is 99.8 Å². The highest BCUT2D eigenvalue weighted by molar-refractivity contribution is 5.96. The van der Waals surface area contributed by atoms with E-state index >= 15 is 0 Å². The van der Waals surface area contributed by atoms with Crippen LogP contribution >= 0.6 is 0 Å². The van der Waals surface area contributed by atoms with Crippen molar-refractivity contribution in [3.63, 3.8) is 0 Å². The first-order valence-electron chi connectivity index (χ1n) is 43.8. The lowest BCUT2D eigenvalue weighted by atomic mass is 9.95. The van der Waals surface area contributed by atoms with Gasteiger partial charge in [-0.05, 0) is 169 Å². The number of hydrogen-bond acceptors (Lipinski definition) is 20. The van der Waals surface area contributed by atoms with Gasteiger partial charge in [-0.3, -0.25) is 38.8 Å². The van der Waals surface area contributed by atoms with Gasteiger partial charge in [0.1, 0.15) is 47.7 Å². The van der Waals surface area contributed by atoms with Crippen molar-refractivity contribution in [3.8, 4) is 23.0 Å². The monoisotopic (exact) mass is 1780 g/mol. The second-order valence-electron chi connectivity index (χ2n) is 36.9. The maximum absolute atomic E-state index is 13.9. The molecule has 0 bridgehead atoms. The highest BCUT2D eigenvalue weighted by Gasteiger charge is 2.57. The summed E-state index contributed by atoms with van der Waals surface area (Å²) in [6.07, 6.45) is 3.92. The quantitative estimate of drug-likeness (QED) is 0.0315. The number of aliphatic hydroxyl groups excluding tert-OH is 4. The molecule has 8 aliphatic heterocycles. The first-order valence-corrected chi connectivity index (χ1v) is 43.8. The number of nitrogens with one attached hydrogen (secondary N) is 4. The van der Waals surface area contributed by atoms with Gasteiger partial charge in [0, 0.05) is 201 Å². The van der Waals surface area contributed by atoms with E-state index in [9.17, 15) is 95.2 Å². The highest BCUT2D eigenvalue weighted by Crippen LogP contribution is 2.49. The van der Waals surface area contributed by atoms with Crippen LogP contribution in [0.15, 0.2) is 146 Å². The van der Waals surface area contributed by atoms with Crippen LogP contribution in [0.25, 0.3) is 0 Å². The summed E-state index contributed by atoms with van der Waals surface area (Å²) in [6, 6.07) is 35.2. The zero-order valence-electron chi connectivity index (χ0n) is 70.2. The molecule has 128 heavy (non-hydrogen) atoms. The van der Waals surface area contributed by atoms with Gasteiger partial charge >= 0.3 is 0 Å². The zero-order valence-corrected chi connectivity index (χ0v) is 70.2. The van der Waals surface area contributed by atoms with Gasteiger partial charge in [0.15, 0.2) is 46.3 Å². The van der Waals surface area contributed by atoms with Crippen molar-refractivity contribution >= 4 is 46.4 Å². The van der Waals surface area contributed by atoms with Crippen LogP contribution in [0.4, 0.5) is 57.9 Å². The van der Waals surface area contributed by atoms with Crippen molar-refractivity contribution in [2.24, 2.45) is 23.7 Å². The molecule has 0 spiro atoms. The molecule has 24 nitrogen and oxygen atoms in total. The summed E-state index contributed by atoms with van der Waals surface area (Å²) in [5.74, 6) is -5.77. The Balaban J connectivity index is 0.000000120. The normalized spacial score (nSPS) is 28.2. The number of nitrogens with zero attached hydrogens (tertiary/aromatic N) is 4. The molecule has 12 N–H and O–H groups in total. The van der Waals surface area contributed by atoms with Gasteiger partial charge in [-0.2, -0.15) is 0 Å². The molecule has 4 saturated heterocycles. The van der Waals surface area contributed by atoms with Gasteiger partial charge < -0.3 is 81.1 Å². The van der Waals surface area contributed by atoms with Crippen LogP contribution in [0.1, 0.15) is 146 Å². The maximum atomic E-state index is 13.9. The molecule has 32 heteroatoms. The van der Waals surface area contributed by atoms with E-state index in [2.05, 4.69) is 21.3 Å². The van der Waals surface area contributed by atoms with Gasteiger partial charge in [0.2, 0.25) is 23.6 Å². The molecule has 4 amide bonds. The lowest BCUT2D eigenvalue weighted by Crippen LogP contribution is -2.36. The smallest absolute Gasteiger partial charge is 0.224 e. The summed E-state index contributed by atoms with van der Waals surface area (Å²) < 4.78 is 131. The maximum Gasteiger partial charge on any atom is 0.224 e. The molecule has 4 saturated carbocycles. The van der Waals surface area contributed by atoms with Crippen molar-refractivity contribution in [1.29, 1.82) is 0 Å². The number of β-amino-alcohol motifs (C(OH)–C–C–N with tert-alkyl or cyclic N) is 8. The topological polar surface area (TPSA) is 328 Å². The third kappa shape index (κ3) is 20.4. The number of amides is 4. The Hall–Kier alpha value is -10.2. The van der Waals surface area contributed by atoms with Gasteiger partial charge in [0.25, 0.3) is 0 Å². The Morgan fingerprint density at radius 1 is 0.305 bits per heavy atom. The third-order valence-electron chi connectivity index (χ3n) is 27.6. The molecule has 0 radical (unpaired) electrons. The number of aliphatic hydroxyl groups is 8. The number of ether oxygens (including phenoxy) is 4. The Labute approximate surface area is 733 Å². The second-order valence-corrected chi connectivity index (χ2v) is 36.9. The van der Waals surface area contributed by atoms with E-state index in [0.717, 1.165) is 116 Å². The van der Waals surface area contributed by atoms with E-state index in [4.69, 9.17) is 18.9 Å². The molecular weight excluding hydrogens is 1670 g/mol. The number of anilines is 4. The molecule has 0 unspecified atom stereocenters. The van der Waals surface area contributed by atoms with E-state index in [-0.39, 0.29) is 94.7 Å². The van der Waals surface area contributed by atoms with E-state index in [1.165, 1.54) is 24.3 Å². The van der Waals surface area contributed by atoms with Crippen LogP contribution in [-0.4, -0.2) is 209 Å². The summed E-state index contributed by atoms with van der Waals surface area (Å²) in [7, 11) is 0. The molecule has 4 aliphatic carbocycles. The number of likely N-dealkylation sites (tertiary alicyclic amines) is 4. The Morgan fingerprint density at radius 2 is 0.516 bits per heavy atom. The lowest BCUT2D eigenvalue weighted by molar-refractivity contribution is -0.117. The van der Waals surface area contributed by atoms with Crippen LogP contribution in [0.5, 0.6) is 23.0 Å². The molecular formula is C96H104F8N8O16. The number of rotatable bonds is 20. The Morgan fingerprint density at radius 3 is 0.711 bits per heavy atom. The number of benzene rings is 8. The largest absolute Gasteiger partial charge is 0.487 e. The third-order valence-corrected chi connectivity index (χ3v) is 27.6. The van der Waals surface area contributed by atoms with Gasteiger partial charge in [-0.1, -0.05) is 48.5 Å². The van der Waals surface area contributed by atoms with Crippen molar-refractivity contribution in [3.05, 3.63) is 237 Å². The molecule has 16 atom stereocenters. The van der Waals surface area contributed by atoms with E-state index < -0.39 is 93.4 Å². The first kappa shape index (κ1) is 89.8. The van der Waals surface area contributed by atoms with E-state index in [1.54, 1.807) is 0 Å². The van der Waals surface area contributed by atoms with Crippen molar-refractivity contribution in [1.82, 2.24) is 19.6 Å². The summed E-state index contributed by atoms with van der Waals surface area (Å²) >= 11 is 0. The summed E-state index contributed by atoms with van der Waals surface area (Å²) in [5, 5.41) is 99.0. The second kappa shape index (κ2) is 37.0. The number of aryl methyl sites for hydroxylation is 4. The molecule has 680 valence electrons. The van der Waals surface area contributed by atoms with E-state index in [1.807, 2.05) is 92.4 Å². The van der Waals surface area contributed by atoms with Crippen LogP contribution in [0.2, 0.25) is 0 Å². The van der Waals surface area contributed by atoms with Gasteiger partial charge in [0.05, 0.1) is 46.8 Å². The Kier molecular flexibility index (Phi) is 25.9. The molecule has 8 heterocycles. The number of halogens is 8. The van der Waals surface area contributed by atoms with Crippen molar-refractivity contribution < 1.29 is 114 Å². The fourth-order valence-electron chi connectivity index (χ4n) is 21.3. The summed E-state index contributed by atoms with van der Waals surface area (Å²) in [5.41, 5.74) is 6.59.